The fourth-order valence-corrected chi connectivity index (χ4v) is 7.15. The van der Waals surface area contributed by atoms with E-state index in [0.29, 0.717) is 18.2 Å². The van der Waals surface area contributed by atoms with Crippen LogP contribution >= 0.6 is 34.9 Å². The Kier molecular flexibility index (Phi) is 6.60. The molecule has 3 aromatic rings. The van der Waals surface area contributed by atoms with Crippen molar-refractivity contribution in [2.45, 2.75) is 68.2 Å². The summed E-state index contributed by atoms with van der Waals surface area (Å²) in [6.07, 6.45) is 7.63. The molecular formula is C23H28N4O2S3. The molecule has 2 aliphatic rings. The van der Waals surface area contributed by atoms with E-state index in [-0.39, 0.29) is 12.0 Å². The molecule has 9 heteroatoms. The minimum atomic E-state index is 0.0187. The molecule has 1 aliphatic heterocycles. The van der Waals surface area contributed by atoms with Gasteiger partial charge in [0.2, 0.25) is 5.91 Å². The molecule has 1 saturated heterocycles. The van der Waals surface area contributed by atoms with Gasteiger partial charge in [0.1, 0.15) is 9.86 Å². The molecule has 0 saturated carbocycles. The monoisotopic (exact) mass is 488 g/mol. The van der Waals surface area contributed by atoms with Crippen LogP contribution in [-0.2, 0) is 22.4 Å². The van der Waals surface area contributed by atoms with Crippen LogP contribution in [0.15, 0.2) is 10.2 Å². The van der Waals surface area contributed by atoms with Crippen molar-refractivity contribution in [1.82, 2.24) is 20.3 Å². The Bertz CT molecular complexity index is 1170. The number of carbonyl (C=O) groups excluding carboxylic acids is 1. The summed E-state index contributed by atoms with van der Waals surface area (Å²) in [6, 6.07) is 0. The molecule has 170 valence electrons. The van der Waals surface area contributed by atoms with Gasteiger partial charge in [-0.15, -0.1) is 11.3 Å². The first kappa shape index (κ1) is 22.4. The second-order valence-electron chi connectivity index (χ2n) is 8.67. The maximum Gasteiger partial charge on any atom is 0.230 e. The lowest BCUT2D eigenvalue weighted by molar-refractivity contribution is -0.119. The predicted octanol–water partition coefficient (Wildman–Crippen LogP) is 4.96. The molecule has 1 aliphatic carbocycles. The summed E-state index contributed by atoms with van der Waals surface area (Å²) in [7, 11) is 0. The average Bonchev–Trinajstić information content (AvgIpc) is 3.54. The Balaban J connectivity index is 1.48. The van der Waals surface area contributed by atoms with Crippen LogP contribution in [0.3, 0.4) is 0 Å². The molecule has 4 heterocycles. The summed E-state index contributed by atoms with van der Waals surface area (Å²) >= 11 is 4.71. The van der Waals surface area contributed by atoms with Crippen LogP contribution in [0.4, 0.5) is 0 Å². The molecule has 3 aromatic heterocycles. The summed E-state index contributed by atoms with van der Waals surface area (Å²) in [5.74, 6) is 0.764. The number of pyridine rings is 1. The zero-order chi connectivity index (χ0) is 22.2. The molecule has 0 radical (unpaired) electrons. The van der Waals surface area contributed by atoms with Crippen molar-refractivity contribution in [3.05, 3.63) is 16.8 Å². The summed E-state index contributed by atoms with van der Waals surface area (Å²) in [5.41, 5.74) is 5.10. The van der Waals surface area contributed by atoms with E-state index in [2.05, 4.69) is 19.2 Å². The standard InChI is InChI=1S/C23H28N4O2S3/c1-12(2)18-15-8-4-7-14(15)17-19-20(32-21(17)25-18)22(27-23(26-19)30-3)31-11-16(28)24-10-13-6-5-9-29-13/h12-13H,4-11H2,1-3H3,(H,24,28). The number of nitrogens with zero attached hydrogens (tertiary/aromatic N) is 3. The van der Waals surface area contributed by atoms with Gasteiger partial charge in [-0.25, -0.2) is 15.0 Å². The Labute approximate surface area is 200 Å². The van der Waals surface area contributed by atoms with Crippen molar-refractivity contribution in [2.75, 3.05) is 25.2 Å². The molecule has 0 bridgehead atoms. The van der Waals surface area contributed by atoms with Gasteiger partial charge >= 0.3 is 0 Å². The van der Waals surface area contributed by atoms with Crippen molar-refractivity contribution >= 4 is 61.2 Å². The highest BCUT2D eigenvalue weighted by molar-refractivity contribution is 8.00. The first-order chi connectivity index (χ1) is 15.5. The normalized spacial score (nSPS) is 18.2. The van der Waals surface area contributed by atoms with Crippen LogP contribution in [0.1, 0.15) is 55.8 Å². The SMILES string of the molecule is CSc1nc(SCC(=O)NCC2CCCO2)c2sc3nc(C(C)C)c4c(c3c2n1)CCC4. The van der Waals surface area contributed by atoms with Crippen LogP contribution in [0.2, 0.25) is 0 Å². The van der Waals surface area contributed by atoms with E-state index in [9.17, 15) is 4.79 Å². The average molecular weight is 489 g/mol. The molecule has 1 amide bonds. The van der Waals surface area contributed by atoms with Crippen molar-refractivity contribution in [3.63, 3.8) is 0 Å². The molecule has 1 fully saturated rings. The Morgan fingerprint density at radius 3 is 2.81 bits per heavy atom. The first-order valence-corrected chi connectivity index (χ1v) is 14.3. The summed E-state index contributed by atoms with van der Waals surface area (Å²) in [6.45, 7) is 5.84. The lowest BCUT2D eigenvalue weighted by Crippen LogP contribution is -2.32. The summed E-state index contributed by atoms with van der Waals surface area (Å²) < 4.78 is 6.65. The number of rotatable bonds is 7. The second kappa shape index (κ2) is 9.44. The number of hydrogen-bond donors (Lipinski definition) is 1. The minimum absolute atomic E-state index is 0.0187. The minimum Gasteiger partial charge on any atom is -0.376 e. The van der Waals surface area contributed by atoms with Gasteiger partial charge in [-0.2, -0.15) is 0 Å². The predicted molar refractivity (Wildman–Crippen MR) is 133 cm³/mol. The van der Waals surface area contributed by atoms with Crippen LogP contribution < -0.4 is 5.32 Å². The van der Waals surface area contributed by atoms with Crippen LogP contribution in [-0.4, -0.2) is 52.1 Å². The van der Waals surface area contributed by atoms with Crippen molar-refractivity contribution in [3.8, 4) is 0 Å². The number of fused-ring (bicyclic) bond motifs is 5. The van der Waals surface area contributed by atoms with E-state index >= 15 is 0 Å². The molecule has 1 N–H and O–H groups in total. The van der Waals surface area contributed by atoms with Gasteiger partial charge in [0.15, 0.2) is 5.16 Å². The third-order valence-electron chi connectivity index (χ3n) is 6.13. The summed E-state index contributed by atoms with van der Waals surface area (Å²) in [5, 5.41) is 5.85. The largest absolute Gasteiger partial charge is 0.376 e. The quantitative estimate of drug-likeness (QED) is 0.286. The number of hydrogen-bond acceptors (Lipinski definition) is 8. The maximum absolute atomic E-state index is 12.5. The maximum atomic E-state index is 12.5. The van der Waals surface area contributed by atoms with Crippen molar-refractivity contribution in [2.24, 2.45) is 0 Å². The first-order valence-electron chi connectivity index (χ1n) is 11.3. The van der Waals surface area contributed by atoms with E-state index in [1.54, 1.807) is 23.1 Å². The van der Waals surface area contributed by atoms with E-state index in [1.807, 2.05) is 6.26 Å². The number of nitrogens with one attached hydrogen (secondary N) is 1. The zero-order valence-electron chi connectivity index (χ0n) is 18.7. The molecule has 5 rings (SSSR count). The Morgan fingerprint density at radius 2 is 2.06 bits per heavy atom. The van der Waals surface area contributed by atoms with Crippen LogP contribution in [0.5, 0.6) is 0 Å². The van der Waals surface area contributed by atoms with E-state index < -0.39 is 0 Å². The third kappa shape index (κ3) is 4.24. The van der Waals surface area contributed by atoms with Gasteiger partial charge in [0.05, 0.1) is 22.1 Å². The molecule has 1 atom stereocenters. The smallest absolute Gasteiger partial charge is 0.230 e. The van der Waals surface area contributed by atoms with Gasteiger partial charge in [0, 0.05) is 24.2 Å². The lowest BCUT2D eigenvalue weighted by Gasteiger charge is -2.12. The van der Waals surface area contributed by atoms with Gasteiger partial charge in [-0.1, -0.05) is 37.4 Å². The van der Waals surface area contributed by atoms with E-state index in [0.717, 1.165) is 57.5 Å². The number of carbonyl (C=O) groups is 1. The number of ether oxygens (including phenoxy) is 1. The highest BCUT2D eigenvalue weighted by Gasteiger charge is 2.26. The molecule has 0 spiro atoms. The van der Waals surface area contributed by atoms with Gasteiger partial charge in [-0.05, 0) is 55.4 Å². The van der Waals surface area contributed by atoms with Crippen molar-refractivity contribution < 1.29 is 9.53 Å². The number of amides is 1. The third-order valence-corrected chi connectivity index (χ3v) is 8.87. The second-order valence-corrected chi connectivity index (χ2v) is 11.4. The zero-order valence-corrected chi connectivity index (χ0v) is 21.1. The van der Waals surface area contributed by atoms with Gasteiger partial charge in [-0.3, -0.25) is 4.79 Å². The van der Waals surface area contributed by atoms with Crippen LogP contribution in [0.25, 0.3) is 20.4 Å². The molecule has 32 heavy (non-hydrogen) atoms. The van der Waals surface area contributed by atoms with Gasteiger partial charge < -0.3 is 10.1 Å². The molecule has 6 nitrogen and oxygen atoms in total. The number of thioether (sulfide) groups is 2. The highest BCUT2D eigenvalue weighted by atomic mass is 32.2. The Hall–Kier alpha value is -1.42. The number of aromatic nitrogens is 3. The van der Waals surface area contributed by atoms with E-state index in [4.69, 9.17) is 19.7 Å². The highest BCUT2D eigenvalue weighted by Crippen LogP contribution is 2.43. The summed E-state index contributed by atoms with van der Waals surface area (Å²) in [4.78, 5) is 28.3. The Morgan fingerprint density at radius 1 is 1.22 bits per heavy atom. The van der Waals surface area contributed by atoms with Crippen molar-refractivity contribution in [1.29, 1.82) is 0 Å². The fourth-order valence-electron chi connectivity index (χ4n) is 4.64. The van der Waals surface area contributed by atoms with Crippen LogP contribution in [0, 0.1) is 0 Å². The van der Waals surface area contributed by atoms with Gasteiger partial charge in [0.25, 0.3) is 0 Å². The molecule has 1 unspecified atom stereocenters. The lowest BCUT2D eigenvalue weighted by atomic mass is 9.99. The number of thiophene rings is 1. The molecular weight excluding hydrogens is 460 g/mol. The molecule has 0 aromatic carbocycles. The number of aryl methyl sites for hydroxylation is 1. The fraction of sp³-hybridized carbons (Fsp3) is 0.565. The topological polar surface area (TPSA) is 77.0 Å². The van der Waals surface area contributed by atoms with E-state index in [1.165, 1.54) is 40.4 Å².